The van der Waals surface area contributed by atoms with Crippen LogP contribution in [0.4, 0.5) is 4.39 Å². The Morgan fingerprint density at radius 3 is 2.68 bits per heavy atom. The molecule has 5 rings (SSSR count). The molecule has 31 heavy (non-hydrogen) atoms. The Balaban J connectivity index is 1.35. The molecule has 0 bridgehead atoms. The monoisotopic (exact) mass is 414 g/mol. The van der Waals surface area contributed by atoms with Gasteiger partial charge in [0.25, 0.3) is 0 Å². The van der Waals surface area contributed by atoms with E-state index >= 15 is 0 Å². The van der Waals surface area contributed by atoms with E-state index in [1.54, 1.807) is 36.4 Å². The molecule has 2 aliphatic rings. The highest BCUT2D eigenvalue weighted by atomic mass is 19.1. The van der Waals surface area contributed by atoms with Gasteiger partial charge in [-0.3, -0.25) is 4.79 Å². The van der Waals surface area contributed by atoms with E-state index in [0.29, 0.717) is 17.1 Å². The number of benzene rings is 3. The summed E-state index contributed by atoms with van der Waals surface area (Å²) in [5, 5.41) is 0. The molecule has 0 aromatic heterocycles. The van der Waals surface area contributed by atoms with Crippen LogP contribution in [0.1, 0.15) is 28.4 Å². The van der Waals surface area contributed by atoms with Crippen LogP contribution in [0, 0.1) is 5.82 Å². The van der Waals surface area contributed by atoms with Crippen LogP contribution in [0.25, 0.3) is 6.08 Å². The number of hydrogen-bond acceptors (Lipinski definition) is 4. The second-order valence-electron chi connectivity index (χ2n) is 7.46. The Labute approximate surface area is 179 Å². The average Bonchev–Trinajstić information content (AvgIpc) is 3.08. The molecule has 0 unspecified atom stereocenters. The highest BCUT2D eigenvalue weighted by molar-refractivity contribution is 6.12. The number of fused-ring (bicyclic) bond motifs is 2. The van der Waals surface area contributed by atoms with Gasteiger partial charge in [0.15, 0.2) is 5.76 Å². The van der Waals surface area contributed by atoms with E-state index in [1.165, 1.54) is 12.1 Å². The normalized spacial score (nSPS) is 18.0. The first-order valence-corrected chi connectivity index (χ1v) is 10.00. The lowest BCUT2D eigenvalue weighted by Crippen LogP contribution is -2.18. The molecule has 2 aliphatic heterocycles. The van der Waals surface area contributed by atoms with E-state index in [-0.39, 0.29) is 30.1 Å². The molecule has 0 fully saturated rings. The molecule has 1 atom stereocenters. The van der Waals surface area contributed by atoms with Crippen LogP contribution >= 0.6 is 0 Å². The lowest BCUT2D eigenvalue weighted by Gasteiger charge is -2.22. The molecule has 0 saturated heterocycles. The van der Waals surface area contributed by atoms with Gasteiger partial charge in [0, 0.05) is 11.6 Å². The largest absolute Gasteiger partial charge is 0.489 e. The first kappa shape index (κ1) is 19.1. The molecule has 0 N–H and O–H groups in total. The summed E-state index contributed by atoms with van der Waals surface area (Å²) in [4.78, 5) is 12.8. The van der Waals surface area contributed by atoms with Gasteiger partial charge in [0.1, 0.15) is 35.8 Å². The third-order valence-corrected chi connectivity index (χ3v) is 5.27. The summed E-state index contributed by atoms with van der Waals surface area (Å²) >= 11 is 0. The fraction of sp³-hybridized carbons (Fsp3) is 0.115. The van der Waals surface area contributed by atoms with Crippen molar-refractivity contribution in [2.45, 2.75) is 19.6 Å². The minimum atomic E-state index is -0.288. The Morgan fingerprint density at radius 1 is 1.03 bits per heavy atom. The predicted molar refractivity (Wildman–Crippen MR) is 115 cm³/mol. The van der Waals surface area contributed by atoms with E-state index in [0.717, 1.165) is 22.4 Å². The number of allylic oxidation sites excluding steroid dienone is 1. The zero-order valence-electron chi connectivity index (χ0n) is 16.8. The highest BCUT2D eigenvalue weighted by Gasteiger charge is 2.29. The second-order valence-corrected chi connectivity index (χ2v) is 7.46. The predicted octanol–water partition coefficient (Wildman–Crippen LogP) is 5.73. The molecule has 0 amide bonds. The molecule has 0 aliphatic carbocycles. The van der Waals surface area contributed by atoms with Crippen LogP contribution in [0.2, 0.25) is 0 Å². The molecular weight excluding hydrogens is 395 g/mol. The molecule has 0 radical (unpaired) electrons. The highest BCUT2D eigenvalue weighted by Crippen LogP contribution is 2.36. The van der Waals surface area contributed by atoms with Gasteiger partial charge < -0.3 is 14.2 Å². The Kier molecular flexibility index (Phi) is 4.79. The molecule has 2 heterocycles. The number of halogens is 1. The van der Waals surface area contributed by atoms with Gasteiger partial charge in [-0.2, -0.15) is 0 Å². The molecule has 4 nitrogen and oxygen atoms in total. The van der Waals surface area contributed by atoms with Gasteiger partial charge in [-0.05, 0) is 60.5 Å². The standard InChI is InChI=1S/C26H19FO4/c1-16-19(12-18-4-2-3-5-23(18)30-16)13-25-26(28)22-11-10-21(14-24(22)31-25)29-15-17-6-8-20(27)9-7-17/h2-14,16H,15H2,1H3/b25-13+/t16-/m1/s1. The number of Topliss-reactive ketones (excluding diaryl/α,β-unsaturated/α-hetero) is 1. The molecule has 3 aromatic carbocycles. The van der Waals surface area contributed by atoms with Crippen molar-refractivity contribution < 1.29 is 23.4 Å². The molecule has 5 heteroatoms. The smallest absolute Gasteiger partial charge is 0.231 e. The Bertz CT molecular complexity index is 1220. The van der Waals surface area contributed by atoms with Crippen molar-refractivity contribution in [2.24, 2.45) is 0 Å². The van der Waals surface area contributed by atoms with Crippen LogP contribution in [0.5, 0.6) is 17.2 Å². The summed E-state index contributed by atoms with van der Waals surface area (Å²) < 4.78 is 30.6. The van der Waals surface area contributed by atoms with Crippen molar-refractivity contribution in [2.75, 3.05) is 0 Å². The summed E-state index contributed by atoms with van der Waals surface area (Å²) in [5.41, 5.74) is 3.17. The lowest BCUT2D eigenvalue weighted by molar-refractivity contribution is 0.101. The van der Waals surface area contributed by atoms with Crippen molar-refractivity contribution in [3.05, 3.63) is 107 Å². The van der Waals surface area contributed by atoms with Crippen molar-refractivity contribution in [1.29, 1.82) is 0 Å². The average molecular weight is 414 g/mol. The van der Waals surface area contributed by atoms with Gasteiger partial charge in [-0.25, -0.2) is 4.39 Å². The Morgan fingerprint density at radius 2 is 1.84 bits per heavy atom. The van der Waals surface area contributed by atoms with E-state index < -0.39 is 0 Å². The van der Waals surface area contributed by atoms with Gasteiger partial charge >= 0.3 is 0 Å². The maximum absolute atomic E-state index is 13.0. The lowest BCUT2D eigenvalue weighted by atomic mass is 10.0. The number of carbonyl (C=O) groups is 1. The van der Waals surface area contributed by atoms with E-state index in [2.05, 4.69) is 0 Å². The number of carbonyl (C=O) groups excluding carboxylic acids is 1. The summed E-state index contributed by atoms with van der Waals surface area (Å²) in [6, 6.07) is 19.0. The van der Waals surface area contributed by atoms with Gasteiger partial charge in [-0.1, -0.05) is 30.3 Å². The SMILES string of the molecule is C[C@H]1Oc2ccccc2C=C1/C=C1/Oc2cc(OCc3ccc(F)cc3)ccc2C1=O. The number of ketones is 1. The minimum Gasteiger partial charge on any atom is -0.489 e. The summed E-state index contributed by atoms with van der Waals surface area (Å²) in [7, 11) is 0. The number of para-hydroxylation sites is 1. The first-order chi connectivity index (χ1) is 15.1. The maximum Gasteiger partial charge on any atom is 0.231 e. The minimum absolute atomic E-state index is 0.174. The fourth-order valence-corrected chi connectivity index (χ4v) is 3.58. The molecular formula is C26H19FO4. The topological polar surface area (TPSA) is 44.8 Å². The van der Waals surface area contributed by atoms with Gasteiger partial charge in [-0.15, -0.1) is 0 Å². The van der Waals surface area contributed by atoms with Crippen LogP contribution in [-0.2, 0) is 6.61 Å². The maximum atomic E-state index is 13.0. The molecule has 0 saturated carbocycles. The number of rotatable bonds is 4. The van der Waals surface area contributed by atoms with E-state index in [4.69, 9.17) is 14.2 Å². The first-order valence-electron chi connectivity index (χ1n) is 10.00. The third-order valence-electron chi connectivity index (χ3n) is 5.27. The van der Waals surface area contributed by atoms with Crippen LogP contribution < -0.4 is 14.2 Å². The summed E-state index contributed by atoms with van der Waals surface area (Å²) in [5.74, 6) is 1.64. The number of hydrogen-bond donors (Lipinski definition) is 0. The zero-order valence-corrected chi connectivity index (χ0v) is 16.8. The van der Waals surface area contributed by atoms with Gasteiger partial charge in [0.2, 0.25) is 5.78 Å². The zero-order chi connectivity index (χ0) is 21.4. The van der Waals surface area contributed by atoms with Crippen molar-refractivity contribution >= 4 is 11.9 Å². The number of ether oxygens (including phenoxy) is 3. The van der Waals surface area contributed by atoms with Gasteiger partial charge in [0.05, 0.1) is 5.56 Å². The molecule has 0 spiro atoms. The molecule has 3 aromatic rings. The van der Waals surface area contributed by atoms with Crippen LogP contribution in [-0.4, -0.2) is 11.9 Å². The third kappa shape index (κ3) is 3.82. The second kappa shape index (κ2) is 7.76. The quantitative estimate of drug-likeness (QED) is 0.512. The fourth-order valence-electron chi connectivity index (χ4n) is 3.58. The summed E-state index contributed by atoms with van der Waals surface area (Å²) in [6.07, 6.45) is 3.55. The molecule has 154 valence electrons. The van der Waals surface area contributed by atoms with E-state index in [9.17, 15) is 9.18 Å². The van der Waals surface area contributed by atoms with Crippen LogP contribution in [0.15, 0.2) is 84.1 Å². The Hall–Kier alpha value is -3.86. The van der Waals surface area contributed by atoms with E-state index in [1.807, 2.05) is 37.3 Å². The van der Waals surface area contributed by atoms with Crippen molar-refractivity contribution in [3.8, 4) is 17.2 Å². The van der Waals surface area contributed by atoms with Crippen molar-refractivity contribution in [1.82, 2.24) is 0 Å². The van der Waals surface area contributed by atoms with Crippen LogP contribution in [0.3, 0.4) is 0 Å². The summed E-state index contributed by atoms with van der Waals surface area (Å²) in [6.45, 7) is 2.23. The van der Waals surface area contributed by atoms with Crippen molar-refractivity contribution in [3.63, 3.8) is 0 Å².